The van der Waals surface area contributed by atoms with Crippen LogP contribution in [0.2, 0.25) is 0 Å². The highest BCUT2D eigenvalue weighted by molar-refractivity contribution is 7.88. The molecule has 158 valence electrons. The van der Waals surface area contributed by atoms with Crippen molar-refractivity contribution in [1.29, 1.82) is 0 Å². The van der Waals surface area contributed by atoms with Crippen molar-refractivity contribution in [1.82, 2.24) is 14.5 Å². The molecule has 0 aromatic rings. The molecule has 1 amide bonds. The normalized spacial score (nSPS) is 27.1. The molecule has 2 heterocycles. The Balaban J connectivity index is 0.000000380. The zero-order chi connectivity index (χ0) is 20.2. The summed E-state index contributed by atoms with van der Waals surface area (Å²) >= 11 is 0. The van der Waals surface area contributed by atoms with Gasteiger partial charge in [-0.15, -0.1) is 0 Å². The van der Waals surface area contributed by atoms with Crippen LogP contribution in [0.15, 0.2) is 0 Å². The van der Waals surface area contributed by atoms with Gasteiger partial charge in [0.25, 0.3) is 0 Å². The fraction of sp³-hybridized carbons (Fsp3) is 0.947. The molecule has 2 atom stereocenters. The van der Waals surface area contributed by atoms with E-state index >= 15 is 0 Å². The van der Waals surface area contributed by atoms with E-state index in [0.717, 1.165) is 44.0 Å². The monoisotopic (exact) mass is 403 g/mol. The van der Waals surface area contributed by atoms with Crippen molar-refractivity contribution >= 4 is 16.1 Å². The van der Waals surface area contributed by atoms with E-state index in [1.165, 1.54) is 39.4 Å². The minimum Gasteiger partial charge on any atom is -0.444 e. The predicted molar refractivity (Wildman–Crippen MR) is 107 cm³/mol. The Kier molecular flexibility index (Phi) is 7.55. The molecule has 1 N–H and O–H groups in total. The summed E-state index contributed by atoms with van der Waals surface area (Å²) in [6, 6.07) is 0.689. The molecule has 7 nitrogen and oxygen atoms in total. The molecule has 0 bridgehead atoms. The van der Waals surface area contributed by atoms with Crippen LogP contribution in [0, 0.1) is 11.8 Å². The number of carbonyl (C=O) groups is 1. The van der Waals surface area contributed by atoms with Gasteiger partial charge in [0.05, 0.1) is 6.26 Å². The van der Waals surface area contributed by atoms with Gasteiger partial charge in [-0.1, -0.05) is 6.42 Å². The molecular formula is C19H37N3O4S. The van der Waals surface area contributed by atoms with Gasteiger partial charge in [0.2, 0.25) is 10.0 Å². The number of fused-ring (bicyclic) bond motifs is 1. The summed E-state index contributed by atoms with van der Waals surface area (Å²) in [5.74, 6) is 1.93. The fourth-order valence-electron chi connectivity index (χ4n) is 4.31. The number of hydrogen-bond acceptors (Lipinski definition) is 5. The van der Waals surface area contributed by atoms with Gasteiger partial charge in [0, 0.05) is 32.2 Å². The number of nitrogens with one attached hydrogen (secondary N) is 1. The van der Waals surface area contributed by atoms with Crippen molar-refractivity contribution < 1.29 is 17.9 Å². The van der Waals surface area contributed by atoms with E-state index in [-0.39, 0.29) is 11.7 Å². The fourth-order valence-corrected chi connectivity index (χ4v) is 4.31. The van der Waals surface area contributed by atoms with Crippen molar-refractivity contribution in [3.8, 4) is 0 Å². The number of amides is 1. The molecule has 0 unspecified atom stereocenters. The molecule has 3 rings (SSSR count). The van der Waals surface area contributed by atoms with Crippen LogP contribution in [-0.4, -0.2) is 75.4 Å². The first-order valence-electron chi connectivity index (χ1n) is 10.1. The van der Waals surface area contributed by atoms with E-state index in [2.05, 4.69) is 9.62 Å². The maximum absolute atomic E-state index is 12.1. The number of sulfonamides is 1. The molecule has 2 saturated heterocycles. The van der Waals surface area contributed by atoms with Crippen molar-refractivity contribution in [2.75, 3.05) is 39.5 Å². The van der Waals surface area contributed by atoms with Crippen LogP contribution < -0.4 is 4.72 Å². The number of piperidine rings is 1. The molecule has 0 aromatic carbocycles. The smallest absolute Gasteiger partial charge is 0.410 e. The van der Waals surface area contributed by atoms with Gasteiger partial charge in [0.1, 0.15) is 5.60 Å². The summed E-state index contributed by atoms with van der Waals surface area (Å²) in [5.41, 5.74) is -0.389. The number of hydrogen-bond donors (Lipinski definition) is 1. The highest BCUT2D eigenvalue weighted by Gasteiger charge is 2.39. The summed E-state index contributed by atoms with van der Waals surface area (Å²) in [6.45, 7) is 10.1. The average molecular weight is 404 g/mol. The lowest BCUT2D eigenvalue weighted by atomic mass is 10.0. The van der Waals surface area contributed by atoms with Gasteiger partial charge in [-0.3, -0.25) is 4.90 Å². The van der Waals surface area contributed by atoms with Crippen molar-refractivity contribution in [2.24, 2.45) is 11.8 Å². The second-order valence-corrected chi connectivity index (χ2v) is 11.0. The molecule has 3 aliphatic rings. The maximum Gasteiger partial charge on any atom is 0.410 e. The number of rotatable bonds is 2. The number of likely N-dealkylation sites (tertiary alicyclic amines) is 2. The van der Waals surface area contributed by atoms with Crippen molar-refractivity contribution in [3.05, 3.63) is 0 Å². The Morgan fingerprint density at radius 1 is 1.04 bits per heavy atom. The summed E-state index contributed by atoms with van der Waals surface area (Å²) in [6.07, 6.45) is 7.51. The quantitative estimate of drug-likeness (QED) is 0.765. The Bertz CT molecular complexity index is 583. The lowest BCUT2D eigenvalue weighted by Gasteiger charge is -2.37. The standard InChI is InChI=1S/C17H30N2O2.C2H7NO2S/c1-17(2,3)21-16(20)18-9-7-15(8-10-18)19-11-13-5-4-6-14(13)12-19;1-3-6(2,4)5/h13-15H,4-12H2,1-3H3;3H,1-2H3/t13-,14+;. The third kappa shape index (κ3) is 7.23. The van der Waals surface area contributed by atoms with Crippen LogP contribution in [0.3, 0.4) is 0 Å². The number of nitrogens with zero attached hydrogens (tertiary/aromatic N) is 2. The second-order valence-electron chi connectivity index (χ2n) is 9.08. The molecule has 0 spiro atoms. The van der Waals surface area contributed by atoms with Gasteiger partial charge < -0.3 is 9.64 Å². The van der Waals surface area contributed by atoms with Crippen LogP contribution in [0.1, 0.15) is 52.9 Å². The number of carbonyl (C=O) groups excluding carboxylic acids is 1. The highest BCUT2D eigenvalue weighted by Crippen LogP contribution is 2.39. The Morgan fingerprint density at radius 3 is 1.93 bits per heavy atom. The first-order chi connectivity index (χ1) is 12.5. The van der Waals surface area contributed by atoms with Gasteiger partial charge >= 0.3 is 6.09 Å². The summed E-state index contributed by atoms with van der Waals surface area (Å²) < 4.78 is 27.3. The van der Waals surface area contributed by atoms with E-state index in [1.54, 1.807) is 0 Å². The van der Waals surface area contributed by atoms with Crippen molar-refractivity contribution in [2.45, 2.75) is 64.5 Å². The second kappa shape index (κ2) is 9.09. The predicted octanol–water partition coefficient (Wildman–Crippen LogP) is 2.28. The number of ether oxygens (including phenoxy) is 1. The first-order valence-corrected chi connectivity index (χ1v) is 12.0. The summed E-state index contributed by atoms with van der Waals surface area (Å²) in [4.78, 5) is 16.7. The Hall–Kier alpha value is -0.860. The maximum atomic E-state index is 12.1. The van der Waals surface area contributed by atoms with E-state index in [9.17, 15) is 13.2 Å². The lowest BCUT2D eigenvalue weighted by Crippen LogP contribution is -2.47. The molecular weight excluding hydrogens is 366 g/mol. The van der Waals surface area contributed by atoms with Crippen molar-refractivity contribution in [3.63, 3.8) is 0 Å². The van der Waals surface area contributed by atoms with Crippen LogP contribution in [0.5, 0.6) is 0 Å². The molecule has 0 aromatic heterocycles. The largest absolute Gasteiger partial charge is 0.444 e. The highest BCUT2D eigenvalue weighted by atomic mass is 32.2. The Labute approximate surface area is 164 Å². The van der Waals surface area contributed by atoms with Gasteiger partial charge in [-0.25, -0.2) is 17.9 Å². The van der Waals surface area contributed by atoms with Crippen LogP contribution in [0.25, 0.3) is 0 Å². The summed E-state index contributed by atoms with van der Waals surface area (Å²) in [5, 5.41) is 0. The topological polar surface area (TPSA) is 79.0 Å². The molecule has 2 aliphatic heterocycles. The third-order valence-electron chi connectivity index (χ3n) is 5.76. The minimum absolute atomic E-state index is 0.140. The summed E-state index contributed by atoms with van der Waals surface area (Å²) in [7, 11) is -1.54. The lowest BCUT2D eigenvalue weighted by molar-refractivity contribution is 0.0152. The van der Waals surface area contributed by atoms with Gasteiger partial charge in [-0.2, -0.15) is 0 Å². The third-order valence-corrected chi connectivity index (χ3v) is 6.50. The zero-order valence-corrected chi connectivity index (χ0v) is 18.3. The molecule has 1 saturated carbocycles. The SMILES string of the molecule is CC(C)(C)OC(=O)N1CCC(N2C[C@H]3CCC[C@H]3C2)CC1.CNS(C)(=O)=O. The molecule has 27 heavy (non-hydrogen) atoms. The van der Waals surface area contributed by atoms with E-state index < -0.39 is 10.0 Å². The molecule has 3 fully saturated rings. The first kappa shape index (κ1) is 22.4. The van der Waals surface area contributed by atoms with E-state index in [0.29, 0.717) is 6.04 Å². The van der Waals surface area contributed by atoms with Gasteiger partial charge in [0.15, 0.2) is 0 Å². The Morgan fingerprint density at radius 2 is 1.52 bits per heavy atom. The minimum atomic E-state index is -2.91. The molecule has 1 aliphatic carbocycles. The van der Waals surface area contributed by atoms with Crippen LogP contribution >= 0.6 is 0 Å². The molecule has 8 heteroatoms. The van der Waals surface area contributed by atoms with Crippen LogP contribution in [0.4, 0.5) is 4.79 Å². The van der Waals surface area contributed by atoms with Gasteiger partial charge in [-0.05, 0) is 65.3 Å². The average Bonchev–Trinajstić information content (AvgIpc) is 3.15. The van der Waals surface area contributed by atoms with Crippen LogP contribution in [-0.2, 0) is 14.8 Å². The molecule has 0 radical (unpaired) electrons. The van der Waals surface area contributed by atoms with E-state index in [1.807, 2.05) is 25.7 Å². The zero-order valence-electron chi connectivity index (χ0n) is 17.5. The van der Waals surface area contributed by atoms with E-state index in [4.69, 9.17) is 4.74 Å².